The van der Waals surface area contributed by atoms with Crippen molar-refractivity contribution in [3.63, 3.8) is 0 Å². The smallest absolute Gasteiger partial charge is 0.371 e. The van der Waals surface area contributed by atoms with E-state index in [1.54, 1.807) is 0 Å². The quantitative estimate of drug-likeness (QED) is 0.466. The van der Waals surface area contributed by atoms with Gasteiger partial charge < -0.3 is 10.1 Å². The van der Waals surface area contributed by atoms with Gasteiger partial charge in [-0.1, -0.05) is 0 Å². The number of carbonyl (C=O) groups excluding carboxylic acids is 2. The fraction of sp³-hybridized carbons (Fsp3) is 0. The van der Waals surface area contributed by atoms with Gasteiger partial charge in [-0.25, -0.2) is 19.4 Å². The number of nitrogens with zero attached hydrogens (tertiary/aromatic N) is 1. The van der Waals surface area contributed by atoms with Gasteiger partial charge in [-0.2, -0.15) is 0 Å². The largest absolute Gasteiger partial charge is 0.475 e. The standard InChI is InChI=1S/C6H2N2O4/c9-1-3-4(2-10)8-5(7-3)6(11)12/h(H,7,8)(H,11,12). The number of H-pyrrole nitrogens is 1. The van der Waals surface area contributed by atoms with Crippen LogP contribution in [-0.2, 0) is 9.59 Å². The first-order chi connectivity index (χ1) is 5.69. The lowest BCUT2D eigenvalue weighted by molar-refractivity contribution is 0.0684. The van der Waals surface area contributed by atoms with Gasteiger partial charge in [0.15, 0.2) is 22.6 Å². The minimum atomic E-state index is -1.35. The van der Waals surface area contributed by atoms with E-state index in [1.165, 1.54) is 11.9 Å². The fourth-order valence-electron chi connectivity index (χ4n) is 0.622. The van der Waals surface area contributed by atoms with Crippen molar-refractivity contribution in [3.05, 3.63) is 16.5 Å². The lowest BCUT2D eigenvalue weighted by atomic mass is 10.6. The van der Waals surface area contributed by atoms with Gasteiger partial charge in [-0.05, 0) is 0 Å². The second-order valence-corrected chi connectivity index (χ2v) is 1.82. The molecule has 6 nitrogen and oxygen atoms in total. The van der Waals surface area contributed by atoms with Gasteiger partial charge in [0.2, 0.25) is 5.82 Å². The zero-order chi connectivity index (χ0) is 9.14. The predicted molar refractivity (Wildman–Crippen MR) is 34.4 cm³/mol. The molecule has 0 amide bonds. The molecule has 1 rings (SSSR count). The zero-order valence-electron chi connectivity index (χ0n) is 5.62. The number of aromatic amines is 1. The maximum absolute atomic E-state index is 10.2. The first-order valence-electron chi connectivity index (χ1n) is 2.78. The van der Waals surface area contributed by atoms with Crippen molar-refractivity contribution < 1.29 is 19.5 Å². The van der Waals surface area contributed by atoms with Crippen LogP contribution in [-0.4, -0.2) is 32.9 Å². The number of carboxylic acid groups (broad SMARTS) is 1. The van der Waals surface area contributed by atoms with E-state index < -0.39 is 11.8 Å². The average molecular weight is 166 g/mol. The second kappa shape index (κ2) is 2.84. The Morgan fingerprint density at radius 1 is 1.42 bits per heavy atom. The monoisotopic (exact) mass is 166 g/mol. The third-order valence-electron chi connectivity index (χ3n) is 1.11. The number of rotatable bonds is 1. The Bertz CT molecular complexity index is 439. The lowest BCUT2D eigenvalue weighted by Gasteiger charge is -1.79. The molecule has 0 unspecified atom stereocenters. The van der Waals surface area contributed by atoms with Crippen LogP contribution in [0.2, 0.25) is 0 Å². The van der Waals surface area contributed by atoms with Crippen molar-refractivity contribution in [2.45, 2.75) is 0 Å². The van der Waals surface area contributed by atoms with Crippen LogP contribution in [0, 0.1) is 0 Å². The van der Waals surface area contributed by atoms with E-state index in [1.807, 2.05) is 0 Å². The summed E-state index contributed by atoms with van der Waals surface area (Å²) in [5.41, 5.74) is 0. The lowest BCUT2D eigenvalue weighted by Crippen LogP contribution is -2.26. The molecule has 12 heavy (non-hydrogen) atoms. The molecule has 60 valence electrons. The Balaban J connectivity index is 3.68. The summed E-state index contributed by atoms with van der Waals surface area (Å²) in [5.74, 6) is 0.798. The topological polar surface area (TPSA) is 100 Å². The summed E-state index contributed by atoms with van der Waals surface area (Å²) >= 11 is 0. The van der Waals surface area contributed by atoms with Crippen LogP contribution in [0.3, 0.4) is 0 Å². The highest BCUT2D eigenvalue weighted by Gasteiger charge is 2.07. The first-order valence-corrected chi connectivity index (χ1v) is 2.78. The molecule has 0 aromatic carbocycles. The molecule has 0 saturated heterocycles. The highest BCUT2D eigenvalue weighted by Crippen LogP contribution is 1.76. The van der Waals surface area contributed by atoms with Gasteiger partial charge in [0, 0.05) is 0 Å². The summed E-state index contributed by atoms with van der Waals surface area (Å²) in [6.45, 7) is 0. The van der Waals surface area contributed by atoms with Gasteiger partial charge in [0.1, 0.15) is 0 Å². The van der Waals surface area contributed by atoms with Crippen molar-refractivity contribution >= 4 is 17.9 Å². The molecule has 2 N–H and O–H groups in total. The summed E-state index contributed by atoms with van der Waals surface area (Å²) in [5, 5.41) is 7.68. The van der Waals surface area contributed by atoms with Gasteiger partial charge in [-0.15, -0.1) is 0 Å². The molecule has 6 heteroatoms. The number of aromatic nitrogens is 2. The third kappa shape index (κ3) is 1.15. The van der Waals surface area contributed by atoms with Crippen LogP contribution in [0.25, 0.3) is 0 Å². The van der Waals surface area contributed by atoms with E-state index in [9.17, 15) is 14.4 Å². The zero-order valence-corrected chi connectivity index (χ0v) is 5.62. The van der Waals surface area contributed by atoms with Crippen molar-refractivity contribution in [1.82, 2.24) is 9.97 Å². The number of imidazole rings is 1. The fourth-order valence-corrected chi connectivity index (χ4v) is 0.622. The van der Waals surface area contributed by atoms with Crippen molar-refractivity contribution in [3.8, 4) is 0 Å². The van der Waals surface area contributed by atoms with Crippen molar-refractivity contribution in [1.29, 1.82) is 0 Å². The molecule has 0 aliphatic carbocycles. The van der Waals surface area contributed by atoms with E-state index in [0.29, 0.717) is 0 Å². The van der Waals surface area contributed by atoms with Crippen LogP contribution in [0.5, 0.6) is 0 Å². The number of nitrogens with one attached hydrogen (secondary N) is 1. The first kappa shape index (κ1) is 7.94. The van der Waals surface area contributed by atoms with E-state index in [-0.39, 0.29) is 10.7 Å². The van der Waals surface area contributed by atoms with E-state index in [4.69, 9.17) is 5.11 Å². The molecule has 0 aliphatic rings. The number of hydrogen-bond acceptors (Lipinski definition) is 4. The molecule has 0 radical (unpaired) electrons. The molecule has 0 saturated carbocycles. The molecular weight excluding hydrogens is 164 g/mol. The molecule has 0 fully saturated rings. The Hall–Kier alpha value is -2.16. The van der Waals surface area contributed by atoms with Crippen LogP contribution in [0.4, 0.5) is 0 Å². The Labute approximate surface area is 64.9 Å². The molecule has 0 atom stereocenters. The molecule has 1 heterocycles. The van der Waals surface area contributed by atoms with E-state index in [0.717, 1.165) is 0 Å². The van der Waals surface area contributed by atoms with Gasteiger partial charge in [0.25, 0.3) is 0 Å². The SMILES string of the molecule is O=C=c1nc(C(=O)O)[nH]c1=C=O. The number of carbonyl (C=O) groups is 1. The van der Waals surface area contributed by atoms with Crippen molar-refractivity contribution in [2.75, 3.05) is 0 Å². The summed E-state index contributed by atoms with van der Waals surface area (Å²) < 4.78 is 0. The van der Waals surface area contributed by atoms with Gasteiger partial charge in [-0.3, -0.25) is 0 Å². The Morgan fingerprint density at radius 2 is 2.08 bits per heavy atom. The molecule has 1 aromatic heterocycles. The van der Waals surface area contributed by atoms with Crippen molar-refractivity contribution in [2.24, 2.45) is 0 Å². The number of carboxylic acids is 1. The predicted octanol–water partition coefficient (Wildman–Crippen LogP) is -2.89. The van der Waals surface area contributed by atoms with Crippen LogP contribution in [0.1, 0.15) is 10.6 Å². The van der Waals surface area contributed by atoms with Crippen LogP contribution < -0.4 is 10.7 Å². The number of aromatic carboxylic acids is 1. The van der Waals surface area contributed by atoms with E-state index >= 15 is 0 Å². The highest BCUT2D eigenvalue weighted by molar-refractivity contribution is 5.83. The van der Waals surface area contributed by atoms with Gasteiger partial charge in [0.05, 0.1) is 0 Å². The third-order valence-corrected chi connectivity index (χ3v) is 1.11. The Kier molecular flexibility index (Phi) is 1.88. The normalized spacial score (nSPS) is 8.67. The van der Waals surface area contributed by atoms with Gasteiger partial charge >= 0.3 is 5.97 Å². The maximum atomic E-state index is 10.2. The Morgan fingerprint density at radius 3 is 2.42 bits per heavy atom. The summed E-state index contributed by atoms with van der Waals surface area (Å²) in [4.78, 5) is 35.7. The summed E-state index contributed by atoms with van der Waals surface area (Å²) in [6.07, 6.45) is 0. The van der Waals surface area contributed by atoms with Crippen LogP contribution >= 0.6 is 0 Å². The minimum Gasteiger partial charge on any atom is -0.475 e. The molecule has 0 spiro atoms. The number of hydrogen-bond donors (Lipinski definition) is 2. The molecule has 1 aromatic rings. The minimum absolute atomic E-state index is 0.303. The average Bonchev–Trinajstić information content (AvgIpc) is 2.46. The molecular formula is C6H2N2O4. The van der Waals surface area contributed by atoms with E-state index in [2.05, 4.69) is 9.97 Å². The summed E-state index contributed by atoms with van der Waals surface area (Å²) in [7, 11) is 0. The molecule has 0 bridgehead atoms. The highest BCUT2D eigenvalue weighted by atomic mass is 16.4. The molecule has 0 aliphatic heterocycles. The second-order valence-electron chi connectivity index (χ2n) is 1.82. The maximum Gasteiger partial charge on any atom is 0.371 e. The summed E-state index contributed by atoms with van der Waals surface area (Å²) in [6, 6.07) is 0. The van der Waals surface area contributed by atoms with Crippen LogP contribution in [0.15, 0.2) is 0 Å².